The van der Waals surface area contributed by atoms with E-state index in [2.05, 4.69) is 63.5 Å². The predicted molar refractivity (Wildman–Crippen MR) is 120 cm³/mol. The Bertz CT molecular complexity index is 1050. The van der Waals surface area contributed by atoms with E-state index in [9.17, 15) is 4.79 Å². The average molecular weight is 407 g/mol. The van der Waals surface area contributed by atoms with Gasteiger partial charge in [0.2, 0.25) is 5.91 Å². The van der Waals surface area contributed by atoms with Gasteiger partial charge in [0, 0.05) is 31.6 Å². The monoisotopic (exact) mass is 406 g/mol. The van der Waals surface area contributed by atoms with Crippen molar-refractivity contribution < 1.29 is 4.79 Å². The van der Waals surface area contributed by atoms with Gasteiger partial charge >= 0.3 is 0 Å². The Balaban J connectivity index is 1.67. The standard InChI is InChI=1S/C25H34N4O/c1-7-28-10-12-29(13-11-28)22(30)25-9-8-24(6,23(25,4)5)20-21(25)27-19-15-17(3)16(2)14-18(19)26-20/h14-15H,7-13H2,1-6H3. The zero-order chi connectivity index (χ0) is 21.5. The highest BCUT2D eigenvalue weighted by Crippen LogP contribution is 2.70. The number of fused-ring (bicyclic) bond motifs is 6. The molecule has 30 heavy (non-hydrogen) atoms. The first-order valence-corrected chi connectivity index (χ1v) is 11.5. The van der Waals surface area contributed by atoms with Crippen LogP contribution >= 0.6 is 0 Å². The number of nitrogens with zero attached hydrogens (tertiary/aromatic N) is 4. The van der Waals surface area contributed by atoms with Gasteiger partial charge < -0.3 is 9.80 Å². The summed E-state index contributed by atoms with van der Waals surface area (Å²) >= 11 is 0. The number of piperazine rings is 1. The van der Waals surface area contributed by atoms with Crippen LogP contribution in [0.4, 0.5) is 0 Å². The largest absolute Gasteiger partial charge is 0.339 e. The SMILES string of the molecule is CCN1CCN(C(=O)C23CCC(C)(c4nc5cc(C)c(C)cc5nc42)C3(C)C)CC1. The second-order valence-corrected chi connectivity index (χ2v) is 10.4. The van der Waals surface area contributed by atoms with Crippen molar-refractivity contribution in [2.24, 2.45) is 5.41 Å². The van der Waals surface area contributed by atoms with E-state index < -0.39 is 5.41 Å². The lowest BCUT2D eigenvalue weighted by Gasteiger charge is -2.44. The van der Waals surface area contributed by atoms with Crippen molar-refractivity contribution in [1.29, 1.82) is 0 Å². The van der Waals surface area contributed by atoms with E-state index in [1.807, 2.05) is 0 Å². The number of hydrogen-bond donors (Lipinski definition) is 0. The van der Waals surface area contributed by atoms with E-state index in [-0.39, 0.29) is 16.7 Å². The molecule has 1 saturated carbocycles. The van der Waals surface area contributed by atoms with Gasteiger partial charge in [0.15, 0.2) is 0 Å². The molecule has 2 atom stereocenters. The maximum atomic E-state index is 14.2. The fraction of sp³-hybridized carbons (Fsp3) is 0.640. The van der Waals surface area contributed by atoms with Gasteiger partial charge in [-0.05, 0) is 61.9 Å². The van der Waals surface area contributed by atoms with E-state index in [4.69, 9.17) is 9.97 Å². The van der Waals surface area contributed by atoms with Gasteiger partial charge in [-0.3, -0.25) is 4.79 Å². The number of carbonyl (C=O) groups is 1. The molecular weight excluding hydrogens is 372 g/mol. The van der Waals surface area contributed by atoms with Gasteiger partial charge in [0.05, 0.1) is 27.8 Å². The van der Waals surface area contributed by atoms with Crippen molar-refractivity contribution >= 4 is 16.9 Å². The van der Waals surface area contributed by atoms with Crippen molar-refractivity contribution in [2.45, 2.75) is 65.2 Å². The summed E-state index contributed by atoms with van der Waals surface area (Å²) in [5.74, 6) is 0.281. The van der Waals surface area contributed by atoms with Crippen LogP contribution in [-0.2, 0) is 15.6 Å². The van der Waals surface area contributed by atoms with Gasteiger partial charge in [-0.25, -0.2) is 9.97 Å². The predicted octanol–water partition coefficient (Wildman–Crippen LogP) is 3.74. The molecule has 5 nitrogen and oxygen atoms in total. The minimum Gasteiger partial charge on any atom is -0.339 e. The number of rotatable bonds is 2. The molecule has 5 rings (SSSR count). The van der Waals surface area contributed by atoms with Crippen LogP contribution in [0.15, 0.2) is 12.1 Å². The lowest BCUT2D eigenvalue weighted by atomic mass is 9.63. The third-order valence-corrected chi connectivity index (χ3v) is 9.12. The fourth-order valence-electron chi connectivity index (χ4n) is 6.37. The summed E-state index contributed by atoms with van der Waals surface area (Å²) in [5, 5.41) is 0. The highest BCUT2D eigenvalue weighted by atomic mass is 16.2. The van der Waals surface area contributed by atoms with Gasteiger partial charge in [0.1, 0.15) is 0 Å². The summed E-state index contributed by atoms with van der Waals surface area (Å²) in [7, 11) is 0. The molecule has 1 saturated heterocycles. The Morgan fingerprint density at radius 2 is 1.50 bits per heavy atom. The molecule has 1 aliphatic heterocycles. The molecule has 1 amide bonds. The Labute approximate surface area is 179 Å². The molecule has 2 aromatic rings. The number of carbonyl (C=O) groups excluding carboxylic acids is 1. The van der Waals surface area contributed by atoms with Gasteiger partial charge in [-0.1, -0.05) is 27.7 Å². The Morgan fingerprint density at radius 1 is 0.933 bits per heavy atom. The molecular formula is C25H34N4O. The number of aromatic nitrogens is 2. The van der Waals surface area contributed by atoms with Crippen molar-refractivity contribution in [3.63, 3.8) is 0 Å². The number of benzene rings is 1. The lowest BCUT2D eigenvalue weighted by molar-refractivity contribution is -0.143. The molecule has 2 aliphatic carbocycles. The minimum atomic E-state index is -0.564. The quantitative estimate of drug-likeness (QED) is 0.762. The van der Waals surface area contributed by atoms with Crippen molar-refractivity contribution in [1.82, 2.24) is 19.8 Å². The first-order chi connectivity index (χ1) is 14.2. The first kappa shape index (κ1) is 19.9. The molecule has 1 aromatic heterocycles. The molecule has 2 bridgehead atoms. The maximum Gasteiger partial charge on any atom is 0.235 e. The van der Waals surface area contributed by atoms with Crippen molar-refractivity contribution in [3.05, 3.63) is 34.6 Å². The Hall–Kier alpha value is -2.01. The molecule has 160 valence electrons. The van der Waals surface area contributed by atoms with Gasteiger partial charge in [-0.2, -0.15) is 0 Å². The number of amides is 1. The minimum absolute atomic E-state index is 0.122. The number of likely N-dealkylation sites (N-methyl/N-ethyl adjacent to an activating group) is 1. The van der Waals surface area contributed by atoms with Crippen LogP contribution < -0.4 is 0 Å². The molecule has 5 heteroatoms. The van der Waals surface area contributed by atoms with E-state index in [1.165, 1.54) is 11.1 Å². The summed E-state index contributed by atoms with van der Waals surface area (Å²) < 4.78 is 0. The fourth-order valence-corrected chi connectivity index (χ4v) is 6.37. The smallest absolute Gasteiger partial charge is 0.235 e. The van der Waals surface area contributed by atoms with Crippen LogP contribution in [0.2, 0.25) is 0 Å². The molecule has 3 aliphatic rings. The lowest BCUT2D eigenvalue weighted by Crippen LogP contribution is -2.57. The van der Waals surface area contributed by atoms with Crippen LogP contribution in [0, 0.1) is 19.3 Å². The van der Waals surface area contributed by atoms with Crippen molar-refractivity contribution in [3.8, 4) is 0 Å². The molecule has 2 heterocycles. The van der Waals surface area contributed by atoms with Crippen LogP contribution in [0.25, 0.3) is 11.0 Å². The van der Waals surface area contributed by atoms with E-state index in [1.54, 1.807) is 0 Å². The molecule has 2 fully saturated rings. The Kier molecular flexibility index (Phi) is 4.15. The zero-order valence-corrected chi connectivity index (χ0v) is 19.3. The average Bonchev–Trinajstić information content (AvgIpc) is 3.02. The highest BCUT2D eigenvalue weighted by molar-refractivity contribution is 5.93. The van der Waals surface area contributed by atoms with Crippen LogP contribution in [-0.4, -0.2) is 58.4 Å². The summed E-state index contributed by atoms with van der Waals surface area (Å²) in [6.45, 7) is 17.9. The Morgan fingerprint density at radius 3 is 2.07 bits per heavy atom. The number of aryl methyl sites for hydroxylation is 2. The van der Waals surface area contributed by atoms with E-state index >= 15 is 0 Å². The first-order valence-electron chi connectivity index (χ1n) is 11.5. The molecule has 0 N–H and O–H groups in total. The molecule has 1 aromatic carbocycles. The van der Waals surface area contributed by atoms with E-state index in [0.717, 1.165) is 68.0 Å². The van der Waals surface area contributed by atoms with Crippen LogP contribution in [0.5, 0.6) is 0 Å². The molecule has 0 radical (unpaired) electrons. The third kappa shape index (κ3) is 2.25. The van der Waals surface area contributed by atoms with E-state index in [0.29, 0.717) is 0 Å². The molecule has 0 spiro atoms. The second-order valence-electron chi connectivity index (χ2n) is 10.4. The maximum absolute atomic E-state index is 14.2. The second kappa shape index (κ2) is 6.25. The number of hydrogen-bond acceptors (Lipinski definition) is 4. The summed E-state index contributed by atoms with van der Waals surface area (Å²) in [4.78, 5) is 29.1. The highest BCUT2D eigenvalue weighted by Gasteiger charge is 2.73. The summed E-state index contributed by atoms with van der Waals surface area (Å²) in [5.41, 5.74) is 5.48. The van der Waals surface area contributed by atoms with Crippen LogP contribution in [0.1, 0.15) is 63.1 Å². The summed E-state index contributed by atoms with van der Waals surface area (Å²) in [6, 6.07) is 4.29. The third-order valence-electron chi connectivity index (χ3n) is 9.12. The zero-order valence-electron chi connectivity index (χ0n) is 19.3. The van der Waals surface area contributed by atoms with Gasteiger partial charge in [-0.15, -0.1) is 0 Å². The summed E-state index contributed by atoms with van der Waals surface area (Å²) in [6.07, 6.45) is 1.88. The van der Waals surface area contributed by atoms with Gasteiger partial charge in [0.25, 0.3) is 0 Å². The molecule has 2 unspecified atom stereocenters. The normalized spacial score (nSPS) is 30.1. The topological polar surface area (TPSA) is 49.3 Å². The van der Waals surface area contributed by atoms with Crippen LogP contribution in [0.3, 0.4) is 0 Å². The van der Waals surface area contributed by atoms with Crippen molar-refractivity contribution in [2.75, 3.05) is 32.7 Å².